The monoisotopic (exact) mass is 445 g/mol. The average molecular weight is 446 g/mol. The molecule has 5 rings (SSSR count). The summed E-state index contributed by atoms with van der Waals surface area (Å²) in [7, 11) is 0. The molecule has 2 heterocycles. The van der Waals surface area contributed by atoms with Gasteiger partial charge >= 0.3 is 0 Å². The van der Waals surface area contributed by atoms with E-state index in [1.807, 2.05) is 53.1 Å². The summed E-state index contributed by atoms with van der Waals surface area (Å²) in [4.78, 5) is 32.9. The van der Waals surface area contributed by atoms with Gasteiger partial charge in [0.15, 0.2) is 5.65 Å². The van der Waals surface area contributed by atoms with Crippen LogP contribution >= 0.6 is 11.6 Å². The highest BCUT2D eigenvalue weighted by atomic mass is 35.5. The van der Waals surface area contributed by atoms with Gasteiger partial charge in [0.1, 0.15) is 11.2 Å². The summed E-state index contributed by atoms with van der Waals surface area (Å²) >= 11 is 5.85. The summed E-state index contributed by atoms with van der Waals surface area (Å²) in [6.45, 7) is 0.338. The fraction of sp³-hybridized carbons (Fsp3) is 0.0870. The molecule has 2 aromatic heterocycles. The van der Waals surface area contributed by atoms with Crippen molar-refractivity contribution in [1.29, 1.82) is 0 Å². The second-order valence-electron chi connectivity index (χ2n) is 7.27. The van der Waals surface area contributed by atoms with E-state index in [-0.39, 0.29) is 28.7 Å². The number of aryl methyl sites for hydroxylation is 1. The molecule has 158 valence electrons. The first-order valence-electron chi connectivity index (χ1n) is 9.89. The average Bonchev–Trinajstić information content (AvgIpc) is 3.10. The molecule has 0 spiro atoms. The number of para-hydroxylation sites is 3. The fourth-order valence-corrected chi connectivity index (χ4v) is 3.96. The van der Waals surface area contributed by atoms with Crippen LogP contribution in [-0.2, 0) is 11.3 Å². The number of carbonyl (C=O) groups is 1. The number of benzene rings is 3. The molecule has 1 amide bonds. The van der Waals surface area contributed by atoms with Crippen molar-refractivity contribution in [3.8, 4) is 0 Å². The number of nitrogens with zero attached hydrogens (tertiary/aromatic N) is 4. The van der Waals surface area contributed by atoms with Gasteiger partial charge in [0.2, 0.25) is 5.91 Å². The molecule has 3 aromatic carbocycles. The molecule has 0 atom stereocenters. The third kappa shape index (κ3) is 3.50. The van der Waals surface area contributed by atoms with Gasteiger partial charge in [0.05, 0.1) is 21.5 Å². The zero-order valence-electron chi connectivity index (χ0n) is 16.7. The van der Waals surface area contributed by atoms with E-state index in [4.69, 9.17) is 21.6 Å². The second kappa shape index (κ2) is 7.90. The van der Waals surface area contributed by atoms with Crippen molar-refractivity contribution < 1.29 is 9.72 Å². The summed E-state index contributed by atoms with van der Waals surface area (Å²) in [5.74, 6) is -0.352. The molecule has 0 aliphatic heterocycles. The largest absolute Gasteiger partial charge is 0.323 e. The van der Waals surface area contributed by atoms with E-state index in [0.29, 0.717) is 12.2 Å². The topological polar surface area (TPSA) is 103 Å². The lowest BCUT2D eigenvalue weighted by molar-refractivity contribution is -0.383. The standard InChI is InChI=1S/C23H16ClN5O3/c24-14-9-10-18(20(13-14)29(31)32)25-21(30)11-12-28-19-8-4-1-5-15(19)22-23(28)27-17-7-3-2-6-16(17)26-22/h1-10,13H,11-12H2,(H,25,30). The lowest BCUT2D eigenvalue weighted by Crippen LogP contribution is -2.15. The third-order valence-electron chi connectivity index (χ3n) is 5.25. The van der Waals surface area contributed by atoms with Crippen molar-refractivity contribution in [3.63, 3.8) is 0 Å². The maximum Gasteiger partial charge on any atom is 0.294 e. The van der Waals surface area contributed by atoms with Crippen molar-refractivity contribution in [2.75, 3.05) is 5.32 Å². The van der Waals surface area contributed by atoms with E-state index in [0.717, 1.165) is 27.5 Å². The van der Waals surface area contributed by atoms with Gasteiger partial charge in [-0.25, -0.2) is 9.97 Å². The summed E-state index contributed by atoms with van der Waals surface area (Å²) in [6.07, 6.45) is 0.0993. The van der Waals surface area contributed by atoms with Crippen molar-refractivity contribution in [1.82, 2.24) is 14.5 Å². The Labute approximate surface area is 186 Å². The first kappa shape index (κ1) is 19.9. The van der Waals surface area contributed by atoms with Crippen LogP contribution in [-0.4, -0.2) is 25.4 Å². The molecule has 5 aromatic rings. The number of amides is 1. The van der Waals surface area contributed by atoms with Crippen LogP contribution in [0.15, 0.2) is 66.7 Å². The minimum Gasteiger partial charge on any atom is -0.323 e. The van der Waals surface area contributed by atoms with Gasteiger partial charge in [-0.3, -0.25) is 14.9 Å². The fourth-order valence-electron chi connectivity index (χ4n) is 3.80. The van der Waals surface area contributed by atoms with Crippen LogP contribution in [0.2, 0.25) is 5.02 Å². The minimum absolute atomic E-state index is 0.0993. The zero-order valence-corrected chi connectivity index (χ0v) is 17.4. The quantitative estimate of drug-likeness (QED) is 0.291. The van der Waals surface area contributed by atoms with Crippen LogP contribution in [0.25, 0.3) is 33.1 Å². The Kier molecular flexibility index (Phi) is 4.91. The lowest BCUT2D eigenvalue weighted by Gasteiger charge is -2.09. The molecule has 0 bridgehead atoms. The number of aromatic nitrogens is 3. The van der Waals surface area contributed by atoms with Gasteiger partial charge < -0.3 is 9.88 Å². The Morgan fingerprint density at radius 1 is 1.03 bits per heavy atom. The molecule has 0 aliphatic rings. The van der Waals surface area contributed by atoms with Gasteiger partial charge in [-0.15, -0.1) is 0 Å². The molecule has 0 fully saturated rings. The van der Waals surface area contributed by atoms with Gasteiger partial charge in [0.25, 0.3) is 5.69 Å². The molecule has 1 N–H and O–H groups in total. The van der Waals surface area contributed by atoms with E-state index < -0.39 is 4.92 Å². The highest BCUT2D eigenvalue weighted by molar-refractivity contribution is 6.31. The van der Waals surface area contributed by atoms with Gasteiger partial charge in [-0.05, 0) is 30.3 Å². The number of rotatable bonds is 5. The van der Waals surface area contributed by atoms with E-state index >= 15 is 0 Å². The normalized spacial score (nSPS) is 11.3. The maximum absolute atomic E-state index is 12.6. The molecule has 32 heavy (non-hydrogen) atoms. The highest BCUT2D eigenvalue weighted by Gasteiger charge is 2.18. The predicted octanol–water partition coefficient (Wildman–Crippen LogP) is 5.33. The molecular weight excluding hydrogens is 430 g/mol. The zero-order chi connectivity index (χ0) is 22.2. The van der Waals surface area contributed by atoms with Crippen LogP contribution in [0, 0.1) is 10.1 Å². The molecule has 0 saturated heterocycles. The predicted molar refractivity (Wildman–Crippen MR) is 124 cm³/mol. The molecule has 9 heteroatoms. The highest BCUT2D eigenvalue weighted by Crippen LogP contribution is 2.30. The Morgan fingerprint density at radius 3 is 2.53 bits per heavy atom. The second-order valence-corrected chi connectivity index (χ2v) is 7.71. The van der Waals surface area contributed by atoms with E-state index in [1.54, 1.807) is 0 Å². The number of hydrogen-bond acceptors (Lipinski definition) is 5. The smallest absolute Gasteiger partial charge is 0.294 e. The molecule has 8 nitrogen and oxygen atoms in total. The Bertz CT molecular complexity index is 1530. The number of halogens is 1. The number of hydrogen-bond donors (Lipinski definition) is 1. The van der Waals surface area contributed by atoms with Gasteiger partial charge in [-0.2, -0.15) is 0 Å². The van der Waals surface area contributed by atoms with E-state index in [9.17, 15) is 14.9 Å². The first-order chi connectivity index (χ1) is 15.5. The van der Waals surface area contributed by atoms with E-state index in [1.165, 1.54) is 18.2 Å². The summed E-state index contributed by atoms with van der Waals surface area (Å²) in [5, 5.41) is 15.1. The number of carbonyl (C=O) groups excluding carboxylic acids is 1. The van der Waals surface area contributed by atoms with Crippen LogP contribution in [0.1, 0.15) is 6.42 Å². The molecule has 0 saturated carbocycles. The molecule has 0 unspecified atom stereocenters. The molecule has 0 radical (unpaired) electrons. The Morgan fingerprint density at radius 2 is 1.75 bits per heavy atom. The van der Waals surface area contributed by atoms with Crippen LogP contribution < -0.4 is 5.32 Å². The summed E-state index contributed by atoms with van der Waals surface area (Å²) in [6, 6.07) is 19.6. The number of fused-ring (bicyclic) bond motifs is 4. The summed E-state index contributed by atoms with van der Waals surface area (Å²) in [5.41, 5.74) is 3.81. The number of nitrogens with one attached hydrogen (secondary N) is 1. The Hall–Kier alpha value is -4.04. The minimum atomic E-state index is -0.574. The van der Waals surface area contributed by atoms with Gasteiger partial charge in [0, 0.05) is 29.4 Å². The number of anilines is 1. The van der Waals surface area contributed by atoms with Gasteiger partial charge in [-0.1, -0.05) is 41.9 Å². The van der Waals surface area contributed by atoms with Crippen LogP contribution in [0.4, 0.5) is 11.4 Å². The van der Waals surface area contributed by atoms with Crippen LogP contribution in [0.5, 0.6) is 0 Å². The lowest BCUT2D eigenvalue weighted by atomic mass is 10.2. The third-order valence-corrected chi connectivity index (χ3v) is 5.49. The molecule has 0 aliphatic carbocycles. The SMILES string of the molecule is O=C(CCn1c2ccccc2c2nc3ccccc3nc21)Nc1ccc(Cl)cc1[N+](=O)[O-]. The van der Waals surface area contributed by atoms with Crippen molar-refractivity contribution in [3.05, 3.63) is 81.9 Å². The first-order valence-corrected chi connectivity index (χ1v) is 10.3. The maximum atomic E-state index is 12.6. The van der Waals surface area contributed by atoms with Crippen molar-refractivity contribution >= 4 is 62.0 Å². The number of nitro groups is 1. The number of nitro benzene ring substituents is 1. The van der Waals surface area contributed by atoms with Crippen LogP contribution in [0.3, 0.4) is 0 Å². The summed E-state index contributed by atoms with van der Waals surface area (Å²) < 4.78 is 1.96. The van der Waals surface area contributed by atoms with E-state index in [2.05, 4.69) is 5.32 Å². The van der Waals surface area contributed by atoms with Crippen molar-refractivity contribution in [2.24, 2.45) is 0 Å². The van der Waals surface area contributed by atoms with Crippen molar-refractivity contribution in [2.45, 2.75) is 13.0 Å². The Balaban J connectivity index is 1.48. The molecular formula is C23H16ClN5O3.